The van der Waals surface area contributed by atoms with Gasteiger partial charge in [0.1, 0.15) is 0 Å². The maximum atomic E-state index is 8.26. The molecular weight excluding hydrogens is 896 g/mol. The van der Waals surface area contributed by atoms with E-state index in [-0.39, 0.29) is 16.2 Å². The summed E-state index contributed by atoms with van der Waals surface area (Å²) in [5, 5.41) is 6.23. The van der Waals surface area contributed by atoms with Gasteiger partial charge in [-0.1, -0.05) is 226 Å². The van der Waals surface area contributed by atoms with Gasteiger partial charge in [0.15, 0.2) is 8.07 Å². The van der Waals surface area contributed by atoms with Crippen LogP contribution in [0.3, 0.4) is 0 Å². The Hall–Kier alpha value is -6.91. The molecule has 0 saturated carbocycles. The Morgan fingerprint density at radius 3 is 1.37 bits per heavy atom. The maximum absolute atomic E-state index is 8.26. The zero-order valence-corrected chi connectivity index (χ0v) is 44.7. The Labute approximate surface area is 429 Å². The fourth-order valence-corrected chi connectivity index (χ4v) is 16.2. The second-order valence-electron chi connectivity index (χ2n) is 22.5. The molecule has 0 bridgehead atoms. The molecule has 0 unspecified atom stereocenters. The Balaban J connectivity index is 1.28. The third-order valence-electron chi connectivity index (χ3n) is 14.5. The quantitative estimate of drug-likeness (QED) is 0.133. The standard InChI is InChI=1S/C67H65ClN2Si/c1-46-40-60(69(51-28-22-26-48(42-51)65(2,3)4)52-29-23-27-49(43-52)66(5,6)7)64(68)61(41-46)70(59-38-36-50(67(8,9)10)44-57(59)47-24-14-11-15-25-47)53-37-39-63-58(45-53)56-34-20-21-35-62(56)71(63,54-30-16-12-17-31-54)55-32-18-13-19-33-55/h11-45H,1-10H3. The Morgan fingerprint density at radius 2 is 0.817 bits per heavy atom. The molecule has 10 rings (SSSR count). The van der Waals surface area contributed by atoms with Crippen LogP contribution in [0.15, 0.2) is 212 Å². The van der Waals surface area contributed by atoms with Gasteiger partial charge in [0.25, 0.3) is 0 Å². The van der Waals surface area contributed by atoms with Gasteiger partial charge in [-0.25, -0.2) is 0 Å². The number of fused-ring (bicyclic) bond motifs is 3. The molecule has 0 amide bonds. The van der Waals surface area contributed by atoms with E-state index in [0.717, 1.165) is 50.8 Å². The van der Waals surface area contributed by atoms with E-state index in [1.54, 1.807) is 0 Å². The minimum Gasteiger partial charge on any atom is -0.309 e. The molecule has 9 aromatic rings. The summed E-state index contributed by atoms with van der Waals surface area (Å²) in [4.78, 5) is 4.82. The van der Waals surface area contributed by atoms with Gasteiger partial charge < -0.3 is 9.80 Å². The van der Waals surface area contributed by atoms with Gasteiger partial charge in [-0.15, -0.1) is 0 Å². The highest BCUT2D eigenvalue weighted by Gasteiger charge is 2.48. The van der Waals surface area contributed by atoms with E-state index in [1.807, 2.05) is 0 Å². The number of hydrogen-bond acceptors (Lipinski definition) is 2. The van der Waals surface area contributed by atoms with Crippen LogP contribution in [0.1, 0.15) is 84.6 Å². The molecule has 9 aromatic carbocycles. The van der Waals surface area contributed by atoms with Crippen LogP contribution in [-0.2, 0) is 16.2 Å². The van der Waals surface area contributed by atoms with Gasteiger partial charge in [-0.2, -0.15) is 0 Å². The van der Waals surface area contributed by atoms with Crippen LogP contribution in [-0.4, -0.2) is 8.07 Å². The van der Waals surface area contributed by atoms with Gasteiger partial charge in [-0.3, -0.25) is 0 Å². The normalized spacial score (nSPS) is 13.1. The summed E-state index contributed by atoms with van der Waals surface area (Å²) in [6.45, 7) is 22.8. The number of halogens is 1. The first-order chi connectivity index (χ1) is 33.9. The summed E-state index contributed by atoms with van der Waals surface area (Å²) in [6, 6.07) is 79.3. The number of nitrogens with zero attached hydrogens (tertiary/aromatic N) is 2. The SMILES string of the molecule is Cc1cc(N(c2cccc(C(C)(C)C)c2)c2cccc(C(C)(C)C)c2)c(Cl)c(N(c2ccc3c(c2)-c2ccccc2[Si]3(c2ccccc2)c2ccccc2)c2ccc(C(C)(C)C)cc2-c2ccccc2)c1. The van der Waals surface area contributed by atoms with Crippen molar-refractivity contribution in [2.24, 2.45) is 0 Å². The lowest BCUT2D eigenvalue weighted by Gasteiger charge is -2.34. The molecule has 0 radical (unpaired) electrons. The molecule has 1 aliphatic heterocycles. The average molecular weight is 962 g/mol. The van der Waals surface area contributed by atoms with Gasteiger partial charge in [-0.05, 0) is 144 Å². The van der Waals surface area contributed by atoms with Gasteiger partial charge >= 0.3 is 0 Å². The summed E-state index contributed by atoms with van der Waals surface area (Å²) >= 11 is 8.26. The third kappa shape index (κ3) is 8.74. The van der Waals surface area contributed by atoms with E-state index in [1.165, 1.54) is 48.6 Å². The maximum Gasteiger partial charge on any atom is 0.180 e. The van der Waals surface area contributed by atoms with Crippen molar-refractivity contribution in [1.82, 2.24) is 0 Å². The lowest BCUT2D eigenvalue weighted by Crippen LogP contribution is -2.72. The second kappa shape index (κ2) is 18.4. The molecule has 0 spiro atoms. The van der Waals surface area contributed by atoms with Crippen molar-refractivity contribution >= 4 is 74.5 Å². The van der Waals surface area contributed by atoms with E-state index in [0.29, 0.717) is 5.02 Å². The largest absolute Gasteiger partial charge is 0.309 e. The molecule has 1 aliphatic rings. The summed E-state index contributed by atoms with van der Waals surface area (Å²) in [6.07, 6.45) is 0. The molecule has 0 saturated heterocycles. The first kappa shape index (κ1) is 47.7. The number of anilines is 6. The summed E-state index contributed by atoms with van der Waals surface area (Å²) in [5.74, 6) is 0. The predicted octanol–water partition coefficient (Wildman–Crippen LogP) is 16.5. The molecule has 354 valence electrons. The van der Waals surface area contributed by atoms with Crippen molar-refractivity contribution < 1.29 is 0 Å². The number of rotatable bonds is 9. The van der Waals surface area contributed by atoms with Crippen LogP contribution in [0.4, 0.5) is 34.1 Å². The van der Waals surface area contributed by atoms with Crippen LogP contribution in [0.25, 0.3) is 22.3 Å². The average Bonchev–Trinajstić information content (AvgIpc) is 3.66. The predicted molar refractivity (Wildman–Crippen MR) is 310 cm³/mol. The zero-order chi connectivity index (χ0) is 49.9. The lowest BCUT2D eigenvalue weighted by atomic mass is 9.84. The number of hydrogen-bond donors (Lipinski definition) is 0. The summed E-state index contributed by atoms with van der Waals surface area (Å²) < 4.78 is 0. The fraction of sp³-hybridized carbons (Fsp3) is 0.194. The highest BCUT2D eigenvalue weighted by atomic mass is 35.5. The van der Waals surface area contributed by atoms with Crippen molar-refractivity contribution in [3.05, 3.63) is 240 Å². The van der Waals surface area contributed by atoms with Crippen molar-refractivity contribution in [2.75, 3.05) is 9.80 Å². The van der Waals surface area contributed by atoms with Crippen LogP contribution in [0, 0.1) is 6.92 Å². The number of aryl methyl sites for hydroxylation is 1. The Bertz CT molecular complexity index is 3300. The van der Waals surface area contributed by atoms with E-state index in [4.69, 9.17) is 11.6 Å². The Morgan fingerprint density at radius 1 is 0.352 bits per heavy atom. The molecular formula is C67H65ClN2Si. The molecule has 0 N–H and O–H groups in total. The highest BCUT2D eigenvalue weighted by molar-refractivity contribution is 7.22. The van der Waals surface area contributed by atoms with E-state index in [2.05, 4.69) is 291 Å². The Kier molecular flexibility index (Phi) is 12.3. The van der Waals surface area contributed by atoms with E-state index in [9.17, 15) is 0 Å². The molecule has 0 aliphatic carbocycles. The highest BCUT2D eigenvalue weighted by Crippen LogP contribution is 2.51. The van der Waals surface area contributed by atoms with Crippen molar-refractivity contribution in [2.45, 2.75) is 85.5 Å². The first-order valence-electron chi connectivity index (χ1n) is 25.1. The number of benzene rings is 9. The second-order valence-corrected chi connectivity index (χ2v) is 26.6. The van der Waals surface area contributed by atoms with Gasteiger partial charge in [0.05, 0.1) is 22.1 Å². The fourth-order valence-electron chi connectivity index (χ4n) is 10.7. The summed E-state index contributed by atoms with van der Waals surface area (Å²) in [7, 11) is -2.74. The zero-order valence-electron chi connectivity index (χ0n) is 43.0. The minimum atomic E-state index is -2.74. The van der Waals surface area contributed by atoms with Crippen LogP contribution in [0.2, 0.25) is 5.02 Å². The molecule has 0 aromatic heterocycles. The molecule has 4 heteroatoms. The topological polar surface area (TPSA) is 6.48 Å². The van der Waals surface area contributed by atoms with Crippen LogP contribution < -0.4 is 30.5 Å². The molecule has 71 heavy (non-hydrogen) atoms. The summed E-state index contributed by atoms with van der Waals surface area (Å²) in [5.41, 5.74) is 15.6. The van der Waals surface area contributed by atoms with Crippen molar-refractivity contribution in [3.63, 3.8) is 0 Å². The van der Waals surface area contributed by atoms with Gasteiger partial charge in [0.2, 0.25) is 0 Å². The van der Waals surface area contributed by atoms with Crippen LogP contribution in [0.5, 0.6) is 0 Å². The monoisotopic (exact) mass is 960 g/mol. The molecule has 2 nitrogen and oxygen atoms in total. The first-order valence-corrected chi connectivity index (χ1v) is 27.5. The van der Waals surface area contributed by atoms with Crippen molar-refractivity contribution in [3.8, 4) is 22.3 Å². The van der Waals surface area contributed by atoms with Crippen LogP contribution >= 0.6 is 11.6 Å². The lowest BCUT2D eigenvalue weighted by molar-refractivity contribution is 0.590. The van der Waals surface area contributed by atoms with Gasteiger partial charge in [0, 0.05) is 22.6 Å². The molecule has 0 fully saturated rings. The molecule has 1 heterocycles. The minimum absolute atomic E-state index is 0.0615. The van der Waals surface area contributed by atoms with E-state index < -0.39 is 8.07 Å². The van der Waals surface area contributed by atoms with E-state index >= 15 is 0 Å². The smallest absolute Gasteiger partial charge is 0.180 e. The van der Waals surface area contributed by atoms with Crippen molar-refractivity contribution in [1.29, 1.82) is 0 Å². The molecule has 0 atom stereocenters. The third-order valence-corrected chi connectivity index (χ3v) is 19.8.